The lowest BCUT2D eigenvalue weighted by molar-refractivity contribution is -0.120. The number of rotatable bonds is 7. The van der Waals surface area contributed by atoms with Crippen LogP contribution in [0.25, 0.3) is 0 Å². The highest BCUT2D eigenvalue weighted by molar-refractivity contribution is 7.92. The van der Waals surface area contributed by atoms with Crippen LogP contribution in [0.15, 0.2) is 71.6 Å². The van der Waals surface area contributed by atoms with Crippen LogP contribution in [0, 0.1) is 12.7 Å². The zero-order chi connectivity index (χ0) is 26.1. The number of amides is 1. The first-order chi connectivity index (χ1) is 17.0. The Morgan fingerprint density at radius 2 is 1.78 bits per heavy atom. The first kappa shape index (κ1) is 25.5. The van der Waals surface area contributed by atoms with Gasteiger partial charge >= 0.3 is 0 Å². The fraction of sp³-hybridized carbons (Fsp3) is 0.296. The van der Waals surface area contributed by atoms with Gasteiger partial charge in [0.1, 0.15) is 29.5 Å². The molecule has 0 saturated carbocycles. The van der Waals surface area contributed by atoms with Crippen LogP contribution in [-0.2, 0) is 14.8 Å². The van der Waals surface area contributed by atoms with Crippen molar-refractivity contribution >= 4 is 21.6 Å². The summed E-state index contributed by atoms with van der Waals surface area (Å²) in [4.78, 5) is 13.2. The quantitative estimate of drug-likeness (QED) is 0.494. The van der Waals surface area contributed by atoms with Crippen LogP contribution in [0.5, 0.6) is 11.5 Å². The fourth-order valence-electron chi connectivity index (χ4n) is 4.22. The Kier molecular flexibility index (Phi) is 6.95. The van der Waals surface area contributed by atoms with Gasteiger partial charge in [-0.25, -0.2) is 12.8 Å². The van der Waals surface area contributed by atoms with Crippen LogP contribution in [0.2, 0.25) is 0 Å². The Bertz CT molecular complexity index is 1360. The average Bonchev–Trinajstić information content (AvgIpc) is 2.82. The number of nitrogens with zero attached hydrogens (tertiary/aromatic N) is 1. The number of aryl methyl sites for hydroxylation is 1. The number of ether oxygens (including phenoxy) is 2. The van der Waals surface area contributed by atoms with E-state index in [4.69, 9.17) is 9.47 Å². The smallest absolute Gasteiger partial charge is 0.264 e. The zero-order valence-corrected chi connectivity index (χ0v) is 21.4. The van der Waals surface area contributed by atoms with Gasteiger partial charge in [0, 0.05) is 12.0 Å². The van der Waals surface area contributed by atoms with Crippen LogP contribution in [-0.4, -0.2) is 33.6 Å². The van der Waals surface area contributed by atoms with Crippen LogP contribution in [0.1, 0.15) is 37.4 Å². The van der Waals surface area contributed by atoms with Gasteiger partial charge < -0.3 is 14.8 Å². The molecule has 1 N–H and O–H groups in total. The number of halogens is 1. The first-order valence-corrected chi connectivity index (χ1v) is 12.9. The second-order valence-corrected chi connectivity index (χ2v) is 11.3. The molecule has 3 aromatic rings. The van der Waals surface area contributed by atoms with E-state index in [0.29, 0.717) is 23.6 Å². The summed E-state index contributed by atoms with van der Waals surface area (Å²) in [5.74, 6) is 0.214. The third-order valence-electron chi connectivity index (χ3n) is 6.02. The number of hydrogen-bond acceptors (Lipinski definition) is 5. The van der Waals surface area contributed by atoms with E-state index in [1.165, 1.54) is 12.1 Å². The normalized spacial score (nSPS) is 16.4. The molecule has 0 bridgehead atoms. The van der Waals surface area contributed by atoms with Gasteiger partial charge in [-0.3, -0.25) is 9.10 Å². The molecule has 190 valence electrons. The number of sulfonamides is 1. The average molecular weight is 513 g/mol. The minimum absolute atomic E-state index is 0.112. The molecule has 1 aliphatic heterocycles. The van der Waals surface area contributed by atoms with Crippen molar-refractivity contribution < 1.29 is 27.1 Å². The maximum Gasteiger partial charge on any atom is 0.264 e. The lowest BCUT2D eigenvalue weighted by atomic mass is 9.89. The molecule has 1 heterocycles. The molecule has 0 spiro atoms. The summed E-state index contributed by atoms with van der Waals surface area (Å²) in [5, 5.41) is 2.99. The lowest BCUT2D eigenvalue weighted by Gasteiger charge is -2.38. The SMILES string of the molecule is COc1ccc2c(c1)C(NC(=O)CN(c1ccc(C)cc1)S(=O)(=O)c1ccc(F)cc1)CC(C)(C)O2. The summed E-state index contributed by atoms with van der Waals surface area (Å²) < 4.78 is 53.0. The summed E-state index contributed by atoms with van der Waals surface area (Å²) in [5.41, 5.74) is 1.48. The van der Waals surface area contributed by atoms with E-state index in [-0.39, 0.29) is 4.90 Å². The van der Waals surface area contributed by atoms with Crippen LogP contribution in [0.3, 0.4) is 0 Å². The van der Waals surface area contributed by atoms with Crippen LogP contribution in [0.4, 0.5) is 10.1 Å². The Morgan fingerprint density at radius 1 is 1.11 bits per heavy atom. The molecule has 4 rings (SSSR count). The summed E-state index contributed by atoms with van der Waals surface area (Å²) >= 11 is 0. The van der Waals surface area contributed by atoms with Crippen molar-refractivity contribution in [1.82, 2.24) is 5.32 Å². The van der Waals surface area contributed by atoms with Crippen molar-refractivity contribution in [2.24, 2.45) is 0 Å². The zero-order valence-electron chi connectivity index (χ0n) is 20.6. The number of carbonyl (C=O) groups is 1. The molecule has 0 aliphatic carbocycles. The standard InChI is InChI=1S/C27H29FN2O5S/c1-18-5-9-20(10-6-18)30(36(32,33)22-12-7-19(28)8-13-22)17-26(31)29-24-16-27(2,3)35-25-14-11-21(34-4)15-23(24)25/h5-15,24H,16-17H2,1-4H3,(H,29,31). The number of anilines is 1. The fourth-order valence-corrected chi connectivity index (χ4v) is 5.64. The molecule has 1 aliphatic rings. The molecule has 1 unspecified atom stereocenters. The molecule has 9 heteroatoms. The van der Waals surface area contributed by atoms with Gasteiger partial charge in [-0.1, -0.05) is 17.7 Å². The van der Waals surface area contributed by atoms with E-state index < -0.39 is 39.9 Å². The Labute approximate surface area is 210 Å². The van der Waals surface area contributed by atoms with Gasteiger partial charge in [0.25, 0.3) is 10.0 Å². The molecule has 0 aromatic heterocycles. The second-order valence-electron chi connectivity index (χ2n) is 9.39. The highest BCUT2D eigenvalue weighted by Gasteiger charge is 2.36. The largest absolute Gasteiger partial charge is 0.497 e. The van der Waals surface area contributed by atoms with Crippen LogP contribution >= 0.6 is 0 Å². The molecule has 0 radical (unpaired) electrons. The lowest BCUT2D eigenvalue weighted by Crippen LogP contribution is -2.45. The molecule has 0 fully saturated rings. The molecule has 1 amide bonds. The third-order valence-corrected chi connectivity index (χ3v) is 7.81. The maximum absolute atomic E-state index is 13.5. The van der Waals surface area contributed by atoms with E-state index in [1.54, 1.807) is 43.5 Å². The van der Waals surface area contributed by atoms with Crippen molar-refractivity contribution in [2.75, 3.05) is 18.0 Å². The van der Waals surface area contributed by atoms with Gasteiger partial charge in [-0.2, -0.15) is 0 Å². The predicted octanol–water partition coefficient (Wildman–Crippen LogP) is 4.76. The summed E-state index contributed by atoms with van der Waals surface area (Å²) in [6.07, 6.45) is 0.480. The topological polar surface area (TPSA) is 84.9 Å². The molecular formula is C27H29FN2O5S. The van der Waals surface area contributed by atoms with Crippen molar-refractivity contribution in [1.29, 1.82) is 0 Å². The number of benzene rings is 3. The van der Waals surface area contributed by atoms with E-state index in [9.17, 15) is 17.6 Å². The van der Waals surface area contributed by atoms with Gasteiger partial charge in [-0.15, -0.1) is 0 Å². The van der Waals surface area contributed by atoms with Gasteiger partial charge in [0.05, 0.1) is 23.7 Å². The minimum atomic E-state index is -4.15. The predicted molar refractivity (Wildman–Crippen MR) is 135 cm³/mol. The Morgan fingerprint density at radius 3 is 2.42 bits per heavy atom. The number of nitrogens with one attached hydrogen (secondary N) is 1. The number of hydrogen-bond donors (Lipinski definition) is 1. The molecule has 3 aromatic carbocycles. The first-order valence-electron chi connectivity index (χ1n) is 11.5. The van der Waals surface area contributed by atoms with Gasteiger partial charge in [0.15, 0.2) is 0 Å². The van der Waals surface area contributed by atoms with E-state index in [0.717, 1.165) is 27.6 Å². The minimum Gasteiger partial charge on any atom is -0.497 e. The van der Waals surface area contributed by atoms with Crippen LogP contribution < -0.4 is 19.1 Å². The monoisotopic (exact) mass is 512 g/mol. The van der Waals surface area contributed by atoms with E-state index >= 15 is 0 Å². The molecule has 0 saturated heterocycles. The summed E-state index contributed by atoms with van der Waals surface area (Å²) in [6, 6.07) is 16.3. The van der Waals surface area contributed by atoms with E-state index in [1.807, 2.05) is 26.8 Å². The molecule has 1 atom stereocenters. The Balaban J connectivity index is 1.65. The number of fused-ring (bicyclic) bond motifs is 1. The molecular weight excluding hydrogens is 483 g/mol. The Hall–Kier alpha value is -3.59. The summed E-state index contributed by atoms with van der Waals surface area (Å²) in [7, 11) is -2.59. The van der Waals surface area contributed by atoms with E-state index in [2.05, 4.69) is 5.32 Å². The van der Waals surface area contributed by atoms with Gasteiger partial charge in [0.2, 0.25) is 5.91 Å². The van der Waals surface area contributed by atoms with Gasteiger partial charge in [-0.05, 0) is 75.4 Å². The van der Waals surface area contributed by atoms with Crippen molar-refractivity contribution in [3.8, 4) is 11.5 Å². The maximum atomic E-state index is 13.5. The summed E-state index contributed by atoms with van der Waals surface area (Å²) in [6.45, 7) is 5.28. The van der Waals surface area contributed by atoms with Crippen molar-refractivity contribution in [2.45, 2.75) is 43.7 Å². The highest BCUT2D eigenvalue weighted by atomic mass is 32.2. The number of carbonyl (C=O) groups excluding carboxylic acids is 1. The highest BCUT2D eigenvalue weighted by Crippen LogP contribution is 2.41. The molecule has 36 heavy (non-hydrogen) atoms. The van der Waals surface area contributed by atoms with Crippen molar-refractivity contribution in [3.05, 3.63) is 83.7 Å². The third kappa shape index (κ3) is 5.46. The second kappa shape index (κ2) is 9.81. The molecule has 7 nitrogen and oxygen atoms in total. The van der Waals surface area contributed by atoms with Crippen molar-refractivity contribution in [3.63, 3.8) is 0 Å². The number of methoxy groups -OCH3 is 1.